The van der Waals surface area contributed by atoms with E-state index in [2.05, 4.69) is 5.09 Å². The Balaban J connectivity index is 2.55. The average molecular weight is 247 g/mol. The third-order valence-electron chi connectivity index (χ3n) is 2.32. The first-order valence-electron chi connectivity index (χ1n) is 5.19. The maximum absolute atomic E-state index is 11.9. The summed E-state index contributed by atoms with van der Waals surface area (Å²) in [5.41, 5.74) is 0. The van der Waals surface area contributed by atoms with Crippen molar-refractivity contribution in [3.63, 3.8) is 0 Å². The highest BCUT2D eigenvalue weighted by Gasteiger charge is 2.22. The molecule has 0 saturated carbocycles. The zero-order valence-electron chi connectivity index (χ0n) is 9.14. The molecule has 1 heterocycles. The summed E-state index contributed by atoms with van der Waals surface area (Å²) in [5.74, 6) is 0. The lowest BCUT2D eigenvalue weighted by Gasteiger charge is -2.19. The molecule has 2 N–H and O–H groups in total. The van der Waals surface area contributed by atoms with Crippen LogP contribution in [-0.4, -0.2) is 10.9 Å². The van der Waals surface area contributed by atoms with E-state index in [0.29, 0.717) is 0 Å². The summed E-state index contributed by atoms with van der Waals surface area (Å²) in [4.78, 5) is 10.7. The predicted molar refractivity (Wildman–Crippen MR) is 65.4 cm³/mol. The highest BCUT2D eigenvalue weighted by Crippen LogP contribution is 2.42. The molecule has 86 valence electrons. The van der Waals surface area contributed by atoms with E-state index >= 15 is 0 Å². The van der Waals surface area contributed by atoms with Crippen molar-refractivity contribution in [3.8, 4) is 0 Å². The molecule has 3 nitrogen and oxygen atoms in total. The van der Waals surface area contributed by atoms with Gasteiger partial charge in [-0.05, 0) is 24.3 Å². The van der Waals surface area contributed by atoms with Gasteiger partial charge in [-0.15, -0.1) is 11.3 Å². The molecule has 15 heavy (non-hydrogen) atoms. The van der Waals surface area contributed by atoms with E-state index < -0.39 is 7.52 Å². The molecule has 0 aliphatic rings. The number of thiophene rings is 1. The van der Waals surface area contributed by atoms with Crippen molar-refractivity contribution in [1.29, 1.82) is 0 Å². The molecule has 0 aliphatic carbocycles. The summed E-state index contributed by atoms with van der Waals surface area (Å²) < 4.78 is 11.9. The number of rotatable bonds is 6. The number of nitrogens with one attached hydrogen (secondary N) is 1. The van der Waals surface area contributed by atoms with Crippen LogP contribution in [0.25, 0.3) is 0 Å². The molecule has 1 unspecified atom stereocenters. The minimum atomic E-state index is -3.21. The third kappa shape index (κ3) is 4.47. The fraction of sp³-hybridized carbons (Fsp3) is 0.600. The van der Waals surface area contributed by atoms with E-state index in [4.69, 9.17) is 0 Å². The molecule has 0 aliphatic heterocycles. The summed E-state index contributed by atoms with van der Waals surface area (Å²) in [6.45, 7) is 4.04. The van der Waals surface area contributed by atoms with Crippen LogP contribution in [0.15, 0.2) is 17.5 Å². The maximum Gasteiger partial charge on any atom is 0.272 e. The Morgan fingerprint density at radius 3 is 2.67 bits per heavy atom. The summed E-state index contributed by atoms with van der Waals surface area (Å²) >= 11 is 1.52. The normalized spacial score (nSPS) is 15.5. The fourth-order valence-electron chi connectivity index (χ4n) is 1.42. The van der Waals surface area contributed by atoms with Crippen molar-refractivity contribution in [1.82, 2.24) is 5.09 Å². The molecule has 0 amide bonds. The van der Waals surface area contributed by atoms with E-state index in [9.17, 15) is 9.46 Å². The summed E-state index contributed by atoms with van der Waals surface area (Å²) in [7, 11) is -3.21. The molecular formula is C10H18NO2PS. The van der Waals surface area contributed by atoms with Gasteiger partial charge in [0, 0.05) is 10.9 Å². The lowest BCUT2D eigenvalue weighted by atomic mass is 10.2. The van der Waals surface area contributed by atoms with Gasteiger partial charge in [0.15, 0.2) is 0 Å². The summed E-state index contributed by atoms with van der Waals surface area (Å²) in [6, 6.07) is 3.93. The van der Waals surface area contributed by atoms with Crippen LogP contribution in [0.4, 0.5) is 0 Å². The van der Waals surface area contributed by atoms with Crippen LogP contribution in [0, 0.1) is 0 Å². The molecule has 0 saturated heterocycles. The number of hydrogen-bond acceptors (Lipinski definition) is 2. The van der Waals surface area contributed by atoms with Gasteiger partial charge in [-0.25, -0.2) is 5.09 Å². The molecule has 1 rings (SSSR count). The van der Waals surface area contributed by atoms with E-state index in [0.717, 1.165) is 17.7 Å². The molecule has 0 spiro atoms. The molecule has 1 atom stereocenters. The highest BCUT2D eigenvalue weighted by molar-refractivity contribution is 7.55. The fourth-order valence-corrected chi connectivity index (χ4v) is 4.28. The lowest BCUT2D eigenvalue weighted by Crippen LogP contribution is -2.25. The van der Waals surface area contributed by atoms with E-state index in [1.807, 2.05) is 31.4 Å². The molecule has 0 radical (unpaired) electrons. The van der Waals surface area contributed by atoms with Crippen LogP contribution in [0.5, 0.6) is 0 Å². The van der Waals surface area contributed by atoms with Gasteiger partial charge in [0.25, 0.3) is 7.52 Å². The molecule has 0 fully saturated rings. The zero-order chi connectivity index (χ0) is 11.3. The Bertz CT molecular complexity index is 322. The van der Waals surface area contributed by atoms with E-state index in [1.165, 1.54) is 11.3 Å². The molecule has 0 aromatic carbocycles. The molecule has 1 aromatic heterocycles. The Hall–Kier alpha value is -0.150. The van der Waals surface area contributed by atoms with Gasteiger partial charge in [-0.2, -0.15) is 0 Å². The first-order valence-corrected chi connectivity index (χ1v) is 7.91. The van der Waals surface area contributed by atoms with Gasteiger partial charge in [0.1, 0.15) is 0 Å². The van der Waals surface area contributed by atoms with Crippen LogP contribution in [0.1, 0.15) is 31.6 Å². The second kappa shape index (κ2) is 5.80. The van der Waals surface area contributed by atoms with Gasteiger partial charge < -0.3 is 4.89 Å². The van der Waals surface area contributed by atoms with Gasteiger partial charge in [0.05, 0.1) is 6.16 Å². The van der Waals surface area contributed by atoms with E-state index in [1.54, 1.807) is 0 Å². The zero-order valence-corrected chi connectivity index (χ0v) is 10.9. The number of hydrogen-bond donors (Lipinski definition) is 2. The largest absolute Gasteiger partial charge is 0.333 e. The second-order valence-electron chi connectivity index (χ2n) is 3.58. The summed E-state index contributed by atoms with van der Waals surface area (Å²) in [5, 5.41) is 4.77. The maximum atomic E-state index is 11.9. The topological polar surface area (TPSA) is 49.3 Å². The molecule has 1 aromatic rings. The average Bonchev–Trinajstić information content (AvgIpc) is 2.66. The lowest BCUT2D eigenvalue weighted by molar-refractivity contribution is 0.438. The van der Waals surface area contributed by atoms with Crippen LogP contribution >= 0.6 is 18.9 Å². The van der Waals surface area contributed by atoms with Crippen LogP contribution < -0.4 is 5.09 Å². The predicted octanol–water partition coefficient (Wildman–Crippen LogP) is 3.21. The van der Waals surface area contributed by atoms with Gasteiger partial charge in [-0.1, -0.05) is 19.9 Å². The molecule has 0 bridgehead atoms. The van der Waals surface area contributed by atoms with E-state index in [-0.39, 0.29) is 12.2 Å². The minimum Gasteiger partial charge on any atom is -0.333 e. The van der Waals surface area contributed by atoms with Crippen molar-refractivity contribution < 1.29 is 9.46 Å². The highest BCUT2D eigenvalue weighted by atomic mass is 32.1. The van der Waals surface area contributed by atoms with Crippen LogP contribution in [0.3, 0.4) is 0 Å². The van der Waals surface area contributed by atoms with Crippen molar-refractivity contribution >= 4 is 18.9 Å². The van der Waals surface area contributed by atoms with Crippen LogP contribution in [-0.2, 0) is 10.7 Å². The molecular weight excluding hydrogens is 229 g/mol. The Morgan fingerprint density at radius 1 is 1.53 bits per heavy atom. The van der Waals surface area contributed by atoms with Gasteiger partial charge in [-0.3, -0.25) is 4.57 Å². The van der Waals surface area contributed by atoms with Gasteiger partial charge >= 0.3 is 0 Å². The Morgan fingerprint density at radius 2 is 2.20 bits per heavy atom. The second-order valence-corrected chi connectivity index (χ2v) is 6.59. The first-order chi connectivity index (χ1) is 7.07. The SMILES string of the molecule is CCC(CC)NP(=O)(O)Cc1cccs1. The molecule has 5 heteroatoms. The summed E-state index contributed by atoms with van der Waals surface area (Å²) in [6.07, 6.45) is 2.00. The van der Waals surface area contributed by atoms with Crippen molar-refractivity contribution in [2.45, 2.75) is 38.9 Å². The standard InChI is InChI=1S/C10H18NO2PS/c1-3-9(4-2)11-14(12,13)8-10-6-5-7-15-10/h5-7,9H,3-4,8H2,1-2H3,(H2,11,12,13). The van der Waals surface area contributed by atoms with Crippen molar-refractivity contribution in [3.05, 3.63) is 22.4 Å². The smallest absolute Gasteiger partial charge is 0.272 e. The van der Waals surface area contributed by atoms with Crippen LogP contribution in [0.2, 0.25) is 0 Å². The van der Waals surface area contributed by atoms with Crippen molar-refractivity contribution in [2.75, 3.05) is 0 Å². The third-order valence-corrected chi connectivity index (χ3v) is 4.95. The first kappa shape index (κ1) is 12.9. The van der Waals surface area contributed by atoms with Gasteiger partial charge in [0.2, 0.25) is 0 Å². The Kier molecular flexibility index (Phi) is 5.00. The van der Waals surface area contributed by atoms with Crippen molar-refractivity contribution in [2.24, 2.45) is 0 Å². The Labute approximate surface area is 95.0 Å². The monoisotopic (exact) mass is 247 g/mol. The quantitative estimate of drug-likeness (QED) is 0.759. The minimum absolute atomic E-state index is 0.140.